The van der Waals surface area contributed by atoms with Gasteiger partial charge in [0.05, 0.1) is 19.3 Å². The van der Waals surface area contributed by atoms with Gasteiger partial charge >= 0.3 is 0 Å². The molecule has 1 atom stereocenters. The van der Waals surface area contributed by atoms with E-state index in [1.807, 2.05) is 0 Å². The summed E-state index contributed by atoms with van der Waals surface area (Å²) in [6, 6.07) is 17.3. The number of thiocarbonyl (C=S) groups is 1. The van der Waals surface area contributed by atoms with Crippen LogP contribution in [-0.2, 0) is 4.74 Å². The van der Waals surface area contributed by atoms with Crippen molar-refractivity contribution in [1.29, 1.82) is 0 Å². The van der Waals surface area contributed by atoms with Crippen molar-refractivity contribution in [2.45, 2.75) is 32.7 Å². The highest BCUT2D eigenvalue weighted by Crippen LogP contribution is 2.19. The Morgan fingerprint density at radius 2 is 1.61 bits per heavy atom. The predicted molar refractivity (Wildman–Crippen MR) is 121 cm³/mol. The van der Waals surface area contributed by atoms with Gasteiger partial charge in [-0.05, 0) is 48.3 Å². The molecule has 0 aliphatic carbocycles. The summed E-state index contributed by atoms with van der Waals surface area (Å²) in [7, 11) is 0. The second-order valence-corrected chi connectivity index (χ2v) is 8.16. The Morgan fingerprint density at radius 3 is 2.21 bits per heavy atom. The molecule has 0 radical (unpaired) electrons. The lowest BCUT2D eigenvalue weighted by molar-refractivity contribution is 0.0344. The molecule has 0 aromatic heterocycles. The van der Waals surface area contributed by atoms with Crippen molar-refractivity contribution < 1.29 is 4.74 Å². The largest absolute Gasteiger partial charge is 0.379 e. The number of morpholine rings is 1. The first-order chi connectivity index (χ1) is 13.5. The van der Waals surface area contributed by atoms with Crippen LogP contribution in [0.5, 0.6) is 0 Å². The molecule has 0 unspecified atom stereocenters. The van der Waals surface area contributed by atoms with Gasteiger partial charge in [0, 0.05) is 25.3 Å². The summed E-state index contributed by atoms with van der Waals surface area (Å²) in [6.45, 7) is 10.9. The molecule has 5 heteroatoms. The highest BCUT2D eigenvalue weighted by molar-refractivity contribution is 7.80. The van der Waals surface area contributed by atoms with Crippen molar-refractivity contribution in [1.82, 2.24) is 10.2 Å². The summed E-state index contributed by atoms with van der Waals surface area (Å²) < 4.78 is 5.49. The number of nitrogens with one attached hydrogen (secondary N) is 2. The zero-order chi connectivity index (χ0) is 19.9. The number of benzene rings is 2. The fraction of sp³-hybridized carbons (Fsp3) is 0.435. The van der Waals surface area contributed by atoms with Crippen LogP contribution in [0.2, 0.25) is 0 Å². The highest BCUT2D eigenvalue weighted by atomic mass is 32.1. The number of anilines is 1. The molecular formula is C23H31N3OS. The van der Waals surface area contributed by atoms with Gasteiger partial charge in [-0.2, -0.15) is 0 Å². The van der Waals surface area contributed by atoms with Crippen molar-refractivity contribution in [2.24, 2.45) is 0 Å². The van der Waals surface area contributed by atoms with Crippen LogP contribution in [0.3, 0.4) is 0 Å². The standard InChI is InChI=1S/C23H31N3OS/c1-17(2)19-8-10-21(11-9-19)24-23(28)25-22(16-26-12-14-27-15-13-26)20-6-4-18(3)5-7-20/h4-11,17,22H,12-16H2,1-3H3,(H2,24,25,28)/t22-/m0/s1. The molecule has 28 heavy (non-hydrogen) atoms. The predicted octanol–water partition coefficient (Wildman–Crippen LogP) is 4.48. The number of ether oxygens (including phenoxy) is 1. The minimum Gasteiger partial charge on any atom is -0.379 e. The van der Waals surface area contributed by atoms with Gasteiger partial charge in [-0.1, -0.05) is 55.8 Å². The lowest BCUT2D eigenvalue weighted by Crippen LogP contribution is -2.44. The van der Waals surface area contributed by atoms with Crippen LogP contribution in [-0.4, -0.2) is 42.9 Å². The third-order valence-corrected chi connectivity index (χ3v) is 5.38. The monoisotopic (exact) mass is 397 g/mol. The normalized spacial score (nSPS) is 16.0. The second-order valence-electron chi connectivity index (χ2n) is 7.75. The van der Waals surface area contributed by atoms with Gasteiger partial charge in [0.15, 0.2) is 5.11 Å². The van der Waals surface area contributed by atoms with E-state index in [2.05, 4.69) is 84.8 Å². The van der Waals surface area contributed by atoms with Gasteiger partial charge in [-0.3, -0.25) is 4.90 Å². The fourth-order valence-corrected chi connectivity index (χ4v) is 3.61. The van der Waals surface area contributed by atoms with E-state index in [1.165, 1.54) is 16.7 Å². The zero-order valence-electron chi connectivity index (χ0n) is 17.1. The molecule has 1 aliphatic rings. The van der Waals surface area contributed by atoms with Crippen LogP contribution < -0.4 is 10.6 Å². The van der Waals surface area contributed by atoms with E-state index in [0.717, 1.165) is 38.5 Å². The summed E-state index contributed by atoms with van der Waals surface area (Å²) in [5.74, 6) is 0.526. The molecule has 2 aromatic rings. The number of hydrogen-bond acceptors (Lipinski definition) is 3. The molecule has 2 aromatic carbocycles. The number of rotatable bonds is 6. The SMILES string of the molecule is Cc1ccc([C@H](CN2CCOCC2)NC(=S)Nc2ccc(C(C)C)cc2)cc1. The molecule has 1 heterocycles. The molecule has 0 amide bonds. The van der Waals surface area contributed by atoms with E-state index in [0.29, 0.717) is 11.0 Å². The van der Waals surface area contributed by atoms with Crippen LogP contribution in [0, 0.1) is 6.92 Å². The molecule has 2 N–H and O–H groups in total. The van der Waals surface area contributed by atoms with Crippen LogP contribution in [0.25, 0.3) is 0 Å². The topological polar surface area (TPSA) is 36.5 Å². The maximum absolute atomic E-state index is 5.62. The summed E-state index contributed by atoms with van der Waals surface area (Å²) in [5, 5.41) is 7.51. The lowest BCUT2D eigenvalue weighted by atomic mass is 10.0. The molecule has 3 rings (SSSR count). The van der Waals surface area contributed by atoms with Gasteiger partial charge < -0.3 is 15.4 Å². The van der Waals surface area contributed by atoms with Crippen LogP contribution in [0.4, 0.5) is 5.69 Å². The average Bonchev–Trinajstić information content (AvgIpc) is 2.69. The summed E-state index contributed by atoms with van der Waals surface area (Å²) >= 11 is 5.62. The average molecular weight is 398 g/mol. The lowest BCUT2D eigenvalue weighted by Gasteiger charge is -2.31. The van der Waals surface area contributed by atoms with E-state index in [-0.39, 0.29) is 6.04 Å². The highest BCUT2D eigenvalue weighted by Gasteiger charge is 2.19. The van der Waals surface area contributed by atoms with E-state index in [9.17, 15) is 0 Å². The Kier molecular flexibility index (Phi) is 7.43. The van der Waals surface area contributed by atoms with Gasteiger partial charge in [0.2, 0.25) is 0 Å². The maximum Gasteiger partial charge on any atom is 0.171 e. The van der Waals surface area contributed by atoms with E-state index < -0.39 is 0 Å². The van der Waals surface area contributed by atoms with Crippen molar-refractivity contribution in [3.8, 4) is 0 Å². The van der Waals surface area contributed by atoms with E-state index in [1.54, 1.807) is 0 Å². The van der Waals surface area contributed by atoms with Gasteiger partial charge in [0.1, 0.15) is 0 Å². The first-order valence-corrected chi connectivity index (χ1v) is 10.5. The Labute approximate surface area is 174 Å². The Morgan fingerprint density at radius 1 is 1.00 bits per heavy atom. The molecule has 0 saturated carbocycles. The fourth-order valence-electron chi connectivity index (χ4n) is 3.35. The van der Waals surface area contributed by atoms with Gasteiger partial charge in [0.25, 0.3) is 0 Å². The van der Waals surface area contributed by atoms with Gasteiger partial charge in [-0.25, -0.2) is 0 Å². The van der Waals surface area contributed by atoms with Crippen LogP contribution >= 0.6 is 12.2 Å². The van der Waals surface area contributed by atoms with E-state index >= 15 is 0 Å². The van der Waals surface area contributed by atoms with Crippen LogP contribution in [0.1, 0.15) is 42.5 Å². The Bertz CT molecular complexity index is 752. The summed E-state index contributed by atoms with van der Waals surface area (Å²) in [4.78, 5) is 2.43. The quantitative estimate of drug-likeness (QED) is 0.703. The smallest absolute Gasteiger partial charge is 0.171 e. The zero-order valence-corrected chi connectivity index (χ0v) is 17.9. The van der Waals surface area contributed by atoms with Crippen molar-refractivity contribution in [3.05, 3.63) is 65.2 Å². The molecule has 0 bridgehead atoms. The first kappa shape index (κ1) is 20.8. The maximum atomic E-state index is 5.62. The van der Waals surface area contributed by atoms with Crippen molar-refractivity contribution >= 4 is 23.0 Å². The van der Waals surface area contributed by atoms with Crippen molar-refractivity contribution in [2.75, 3.05) is 38.2 Å². The second kappa shape index (κ2) is 10.0. The minimum absolute atomic E-state index is 0.133. The number of aryl methyl sites for hydroxylation is 1. The van der Waals surface area contributed by atoms with E-state index in [4.69, 9.17) is 17.0 Å². The summed E-state index contributed by atoms with van der Waals surface area (Å²) in [6.07, 6.45) is 0. The molecular weight excluding hydrogens is 366 g/mol. The van der Waals surface area contributed by atoms with Gasteiger partial charge in [-0.15, -0.1) is 0 Å². The third-order valence-electron chi connectivity index (χ3n) is 5.16. The molecule has 1 fully saturated rings. The molecule has 0 spiro atoms. The number of hydrogen-bond donors (Lipinski definition) is 2. The Balaban J connectivity index is 1.66. The number of nitrogens with zero attached hydrogens (tertiary/aromatic N) is 1. The Hall–Kier alpha value is -1.95. The molecule has 4 nitrogen and oxygen atoms in total. The third kappa shape index (κ3) is 6.03. The van der Waals surface area contributed by atoms with Crippen molar-refractivity contribution in [3.63, 3.8) is 0 Å². The minimum atomic E-state index is 0.133. The molecule has 150 valence electrons. The van der Waals surface area contributed by atoms with Crippen LogP contribution in [0.15, 0.2) is 48.5 Å². The molecule has 1 saturated heterocycles. The molecule has 1 aliphatic heterocycles. The first-order valence-electron chi connectivity index (χ1n) is 10.1. The summed E-state index contributed by atoms with van der Waals surface area (Å²) in [5.41, 5.74) is 4.85.